The zero-order valence-corrected chi connectivity index (χ0v) is 42.4. The monoisotopic (exact) mass is 949 g/mol. The maximum absolute atomic E-state index is 7.31. The summed E-state index contributed by atoms with van der Waals surface area (Å²) in [6, 6.07) is 73.8. The molecule has 1 saturated carbocycles. The first kappa shape index (κ1) is 42.3. The molecular formula is C72H55NO. The third-order valence-electron chi connectivity index (χ3n) is 18.3. The number of anilines is 3. The highest BCUT2D eigenvalue weighted by atomic mass is 16.3. The van der Waals surface area contributed by atoms with Gasteiger partial charge in [-0.15, -0.1) is 0 Å². The molecule has 3 aliphatic rings. The van der Waals surface area contributed by atoms with Crippen LogP contribution in [0.2, 0.25) is 0 Å². The molecule has 2 nitrogen and oxygen atoms in total. The molecule has 2 heteroatoms. The minimum atomic E-state index is -0.227. The topological polar surface area (TPSA) is 16.4 Å². The van der Waals surface area contributed by atoms with Crippen molar-refractivity contribution < 1.29 is 4.42 Å². The van der Waals surface area contributed by atoms with Crippen molar-refractivity contribution in [2.24, 2.45) is 0 Å². The molecule has 0 unspecified atom stereocenters. The van der Waals surface area contributed by atoms with Gasteiger partial charge in [0.25, 0.3) is 0 Å². The van der Waals surface area contributed by atoms with Crippen molar-refractivity contribution in [1.29, 1.82) is 0 Å². The van der Waals surface area contributed by atoms with Gasteiger partial charge >= 0.3 is 0 Å². The van der Waals surface area contributed by atoms with E-state index in [9.17, 15) is 0 Å². The molecule has 0 aliphatic heterocycles. The summed E-state index contributed by atoms with van der Waals surface area (Å²) in [6.07, 6.45) is 6.33. The predicted molar refractivity (Wildman–Crippen MR) is 314 cm³/mol. The van der Waals surface area contributed by atoms with E-state index in [2.05, 4.69) is 227 Å². The van der Waals surface area contributed by atoms with E-state index in [1.54, 1.807) is 0 Å². The summed E-state index contributed by atoms with van der Waals surface area (Å²) in [7, 11) is 0. The highest BCUT2D eigenvalue weighted by molar-refractivity contribution is 6.21. The number of nitrogens with zero attached hydrogens (tertiary/aromatic N) is 1. The van der Waals surface area contributed by atoms with Crippen LogP contribution in [-0.2, 0) is 10.8 Å². The Morgan fingerprint density at radius 2 is 0.905 bits per heavy atom. The smallest absolute Gasteiger partial charge is 0.159 e. The Morgan fingerprint density at radius 1 is 0.378 bits per heavy atom. The van der Waals surface area contributed by atoms with Gasteiger partial charge in [-0.05, 0) is 176 Å². The van der Waals surface area contributed by atoms with Crippen molar-refractivity contribution in [3.8, 4) is 22.3 Å². The Labute approximate surface area is 431 Å². The Morgan fingerprint density at radius 3 is 1.58 bits per heavy atom. The lowest BCUT2D eigenvalue weighted by Gasteiger charge is -2.28. The molecule has 1 heterocycles. The largest absolute Gasteiger partial charge is 0.454 e. The van der Waals surface area contributed by atoms with Crippen molar-refractivity contribution in [3.63, 3.8) is 0 Å². The van der Waals surface area contributed by atoms with Crippen LogP contribution in [0.25, 0.3) is 109 Å². The molecule has 1 fully saturated rings. The molecule has 354 valence electrons. The Bertz CT molecular complexity index is 4540. The second-order valence-electron chi connectivity index (χ2n) is 22.9. The van der Waals surface area contributed by atoms with Crippen LogP contribution in [0.15, 0.2) is 199 Å². The van der Waals surface area contributed by atoms with E-state index < -0.39 is 0 Å². The molecule has 0 saturated heterocycles. The number of para-hydroxylation sites is 2. The average molecular weight is 950 g/mol. The molecule has 74 heavy (non-hydrogen) atoms. The number of hydrogen-bond acceptors (Lipinski definition) is 2. The third kappa shape index (κ3) is 5.66. The predicted octanol–water partition coefficient (Wildman–Crippen LogP) is 20.6. The van der Waals surface area contributed by atoms with Crippen molar-refractivity contribution in [3.05, 3.63) is 222 Å². The molecule has 3 aliphatic carbocycles. The van der Waals surface area contributed by atoms with Gasteiger partial charge in [0.15, 0.2) is 5.58 Å². The van der Waals surface area contributed by atoms with E-state index in [0.29, 0.717) is 5.92 Å². The lowest BCUT2D eigenvalue weighted by Crippen LogP contribution is -2.16. The van der Waals surface area contributed by atoms with Gasteiger partial charge in [0, 0.05) is 33.0 Å². The lowest BCUT2D eigenvalue weighted by atomic mass is 9.78. The van der Waals surface area contributed by atoms with Crippen LogP contribution in [0, 0.1) is 0 Å². The molecule has 1 aromatic heterocycles. The van der Waals surface area contributed by atoms with Crippen LogP contribution >= 0.6 is 0 Å². The van der Waals surface area contributed by atoms with E-state index in [1.165, 1.54) is 152 Å². The quantitative estimate of drug-likeness (QED) is 0.164. The van der Waals surface area contributed by atoms with E-state index in [4.69, 9.17) is 4.42 Å². The van der Waals surface area contributed by atoms with Crippen LogP contribution in [-0.4, -0.2) is 0 Å². The fourth-order valence-corrected chi connectivity index (χ4v) is 15.1. The Kier molecular flexibility index (Phi) is 8.68. The molecule has 12 aromatic carbocycles. The number of furan rings is 1. The molecule has 0 spiro atoms. The molecule has 0 N–H and O–H groups in total. The molecule has 0 radical (unpaired) electrons. The van der Waals surface area contributed by atoms with Gasteiger partial charge < -0.3 is 9.32 Å². The summed E-state index contributed by atoms with van der Waals surface area (Å²) in [5, 5.41) is 18.0. The molecule has 0 atom stereocenters. The van der Waals surface area contributed by atoms with Gasteiger partial charge in [0.05, 0.1) is 5.69 Å². The average Bonchev–Trinajstić information content (AvgIpc) is 4.14. The van der Waals surface area contributed by atoms with Gasteiger partial charge in [-0.25, -0.2) is 0 Å². The van der Waals surface area contributed by atoms with E-state index in [0.717, 1.165) is 33.6 Å². The zero-order valence-electron chi connectivity index (χ0n) is 42.4. The summed E-state index contributed by atoms with van der Waals surface area (Å²) in [5.74, 6) is 0.523. The summed E-state index contributed by atoms with van der Waals surface area (Å²) < 4.78 is 7.31. The summed E-state index contributed by atoms with van der Waals surface area (Å²) >= 11 is 0. The summed E-state index contributed by atoms with van der Waals surface area (Å²) in [4.78, 5) is 2.48. The second-order valence-corrected chi connectivity index (χ2v) is 22.9. The van der Waals surface area contributed by atoms with Gasteiger partial charge in [-0.3, -0.25) is 0 Å². The van der Waals surface area contributed by atoms with Gasteiger partial charge in [-0.1, -0.05) is 199 Å². The first-order chi connectivity index (χ1) is 36.2. The fraction of sp³-hybridized carbons (Fsp3) is 0.167. The van der Waals surface area contributed by atoms with Crippen molar-refractivity contribution >= 4 is 104 Å². The number of benzene rings is 12. The minimum absolute atomic E-state index is 0.210. The number of rotatable bonds is 4. The molecular weight excluding hydrogens is 895 g/mol. The summed E-state index contributed by atoms with van der Waals surface area (Å²) in [6.45, 7) is 9.75. The SMILES string of the molecule is CC1(C)c2cc3cc(N(c4ccc5c6c(ccc5c4)-c4c(c5ccccc5c5ccccc45)C6(C)C)c4cccc5c4oc4c(C6CCCCC6)cccc45)ccc3cc2-c2c1c1ccccc1c1ccccc21. The van der Waals surface area contributed by atoms with Crippen molar-refractivity contribution in [2.75, 3.05) is 4.90 Å². The third-order valence-corrected chi connectivity index (χ3v) is 18.3. The number of fused-ring (bicyclic) bond motifs is 22. The van der Waals surface area contributed by atoms with E-state index in [-0.39, 0.29) is 10.8 Å². The van der Waals surface area contributed by atoms with Crippen LogP contribution in [0.1, 0.15) is 93.5 Å². The van der Waals surface area contributed by atoms with Gasteiger partial charge in [0.2, 0.25) is 0 Å². The van der Waals surface area contributed by atoms with Crippen LogP contribution < -0.4 is 4.90 Å². The Hall–Kier alpha value is -8.20. The molecule has 13 aromatic rings. The highest BCUT2D eigenvalue weighted by Crippen LogP contribution is 2.58. The Balaban J connectivity index is 0.916. The van der Waals surface area contributed by atoms with Crippen LogP contribution in [0.3, 0.4) is 0 Å². The lowest BCUT2D eigenvalue weighted by molar-refractivity contribution is 0.442. The molecule has 16 rings (SSSR count). The normalized spacial score (nSPS) is 15.7. The van der Waals surface area contributed by atoms with Gasteiger partial charge in [0.1, 0.15) is 5.58 Å². The summed E-state index contributed by atoms with van der Waals surface area (Å²) in [5.41, 5.74) is 17.3. The van der Waals surface area contributed by atoms with Crippen molar-refractivity contribution in [2.45, 2.75) is 76.5 Å². The van der Waals surface area contributed by atoms with E-state index >= 15 is 0 Å². The van der Waals surface area contributed by atoms with Crippen LogP contribution in [0.4, 0.5) is 17.1 Å². The maximum Gasteiger partial charge on any atom is 0.159 e. The molecule has 0 bridgehead atoms. The first-order valence-corrected chi connectivity index (χ1v) is 27.0. The van der Waals surface area contributed by atoms with E-state index in [1.807, 2.05) is 0 Å². The van der Waals surface area contributed by atoms with Crippen molar-refractivity contribution in [1.82, 2.24) is 0 Å². The minimum Gasteiger partial charge on any atom is -0.454 e. The standard InChI is InChI=1S/C72H55NO/c1-71(2)62-41-45-39-46(34-32-43(45)40-61(62)65-55-25-13-9-21-51(55)52-22-10-14-26-56(52)67(65)71)73(63-31-17-30-59-58-29-16-28-49(69(58)74-70(59)63)42-18-6-5-7-19-42)47-35-37-48-44(38-47)33-36-60-64-54-24-12-8-20-50(54)53-23-11-15-27-57(53)68(64)72(3,4)66(48)60/h8-17,20-42H,5-7,18-19H2,1-4H3. The van der Waals surface area contributed by atoms with Crippen LogP contribution in [0.5, 0.6) is 0 Å². The zero-order chi connectivity index (χ0) is 49.2. The molecule has 0 amide bonds. The first-order valence-electron chi connectivity index (χ1n) is 27.0. The second kappa shape index (κ2) is 15.2. The highest BCUT2D eigenvalue weighted by Gasteiger charge is 2.41. The van der Waals surface area contributed by atoms with Gasteiger partial charge in [-0.2, -0.15) is 0 Å². The maximum atomic E-state index is 7.31. The fourth-order valence-electron chi connectivity index (χ4n) is 15.1. The number of hydrogen-bond donors (Lipinski definition) is 0.